The maximum absolute atomic E-state index is 13.8. The predicted octanol–water partition coefficient (Wildman–Crippen LogP) is 5.34. The second-order valence-electron chi connectivity index (χ2n) is 12.4. The van der Waals surface area contributed by atoms with Gasteiger partial charge in [-0.1, -0.05) is 35.9 Å². The number of rotatable bonds is 11. The molecule has 0 bridgehead atoms. The molecule has 13 heteroatoms. The summed E-state index contributed by atoms with van der Waals surface area (Å²) in [4.78, 5) is 36.5. The summed E-state index contributed by atoms with van der Waals surface area (Å²) in [5, 5.41) is 2.73. The third kappa shape index (κ3) is 8.11. The highest BCUT2D eigenvalue weighted by atomic mass is 32.2. The van der Waals surface area contributed by atoms with Crippen LogP contribution in [0.4, 0.5) is 11.6 Å². The summed E-state index contributed by atoms with van der Waals surface area (Å²) >= 11 is 0. The van der Waals surface area contributed by atoms with E-state index >= 15 is 0 Å². The lowest BCUT2D eigenvalue weighted by Gasteiger charge is -2.23. The van der Waals surface area contributed by atoms with E-state index in [-0.39, 0.29) is 22.9 Å². The van der Waals surface area contributed by atoms with Gasteiger partial charge in [-0.05, 0) is 67.1 Å². The summed E-state index contributed by atoms with van der Waals surface area (Å²) in [6.07, 6.45) is 6.73. The molecule has 3 N–H and O–H groups in total. The fourth-order valence-corrected chi connectivity index (χ4v) is 6.66. The van der Waals surface area contributed by atoms with Crippen LogP contribution in [0.1, 0.15) is 34.5 Å². The number of pyridine rings is 3. The minimum Gasteiger partial charge on any atom is -0.493 e. The van der Waals surface area contributed by atoms with E-state index in [0.29, 0.717) is 65.0 Å². The van der Waals surface area contributed by atoms with Gasteiger partial charge in [0.05, 0.1) is 25.7 Å². The zero-order valence-electron chi connectivity index (χ0n) is 28.5. The Bertz CT molecular complexity index is 2200. The number of hydrogen-bond acceptors (Lipinski definition) is 10. The molecule has 1 amide bonds. The van der Waals surface area contributed by atoms with Crippen LogP contribution in [-0.4, -0.2) is 56.3 Å². The van der Waals surface area contributed by atoms with E-state index in [1.807, 2.05) is 41.8 Å². The number of thiol groups is 1. The van der Waals surface area contributed by atoms with E-state index in [9.17, 15) is 18.0 Å². The second kappa shape index (κ2) is 15.6. The Balaban J connectivity index is 1.35. The first kappa shape index (κ1) is 35.3. The van der Waals surface area contributed by atoms with Gasteiger partial charge in [0, 0.05) is 60.6 Å². The standard InChI is InChI=1S/C38H39N5O7S/c1-23-4-6-25(7-5-23)30-20-43(19-24-12-14-50-15-13-24)21-31(36(30)44)38(45)42-35-11-9-28(32(41-35)22-51(46)47)29-16-27(18-40-37(29)39)26-8-10-33(48-2)34(17-26)49-3/h4-11,16-18,20-21,24,51H,12-15,19,22H2,1-3H3,(H2,39,40)(H,41,42,45). The molecule has 0 radical (unpaired) electrons. The van der Waals surface area contributed by atoms with Crippen LogP contribution in [0.25, 0.3) is 33.4 Å². The molecule has 5 aromatic rings. The maximum Gasteiger partial charge on any atom is 0.262 e. The molecule has 0 aliphatic carbocycles. The number of methoxy groups -OCH3 is 2. The molecule has 1 fully saturated rings. The van der Waals surface area contributed by atoms with E-state index in [1.54, 1.807) is 63.1 Å². The smallest absolute Gasteiger partial charge is 0.262 e. The quantitative estimate of drug-likeness (QED) is 0.153. The molecule has 0 saturated carbocycles. The molecule has 12 nitrogen and oxygen atoms in total. The number of carbonyl (C=O) groups is 1. The molecule has 264 valence electrons. The highest BCUT2D eigenvalue weighted by Crippen LogP contribution is 2.36. The van der Waals surface area contributed by atoms with Gasteiger partial charge in [0.15, 0.2) is 11.5 Å². The summed E-state index contributed by atoms with van der Waals surface area (Å²) in [6, 6.07) is 18.0. The van der Waals surface area contributed by atoms with Crippen LogP contribution < -0.4 is 26.0 Å². The monoisotopic (exact) mass is 709 g/mol. The third-order valence-electron chi connectivity index (χ3n) is 8.92. The van der Waals surface area contributed by atoms with Crippen molar-refractivity contribution < 1.29 is 27.4 Å². The second-order valence-corrected chi connectivity index (χ2v) is 13.4. The lowest BCUT2D eigenvalue weighted by Crippen LogP contribution is -2.27. The fraction of sp³-hybridized carbons (Fsp3) is 0.263. The van der Waals surface area contributed by atoms with E-state index in [1.165, 1.54) is 0 Å². The number of ether oxygens (including phenoxy) is 3. The average Bonchev–Trinajstić information content (AvgIpc) is 3.13. The summed E-state index contributed by atoms with van der Waals surface area (Å²) in [5.74, 6) is 0.583. The molecule has 2 aromatic carbocycles. The van der Waals surface area contributed by atoms with Crippen LogP contribution in [0.2, 0.25) is 0 Å². The molecule has 3 aromatic heterocycles. The van der Waals surface area contributed by atoms with Crippen molar-refractivity contribution in [2.45, 2.75) is 32.1 Å². The molecule has 1 saturated heterocycles. The lowest BCUT2D eigenvalue weighted by molar-refractivity contribution is 0.0612. The molecule has 0 atom stereocenters. The van der Waals surface area contributed by atoms with Crippen LogP contribution in [-0.2, 0) is 27.7 Å². The number of nitrogens with one attached hydrogen (secondary N) is 1. The number of carbonyl (C=O) groups excluding carboxylic acids is 1. The van der Waals surface area contributed by atoms with Crippen LogP contribution in [0.5, 0.6) is 11.5 Å². The minimum absolute atomic E-state index is 0.0569. The van der Waals surface area contributed by atoms with Crippen molar-refractivity contribution in [1.82, 2.24) is 14.5 Å². The average molecular weight is 710 g/mol. The van der Waals surface area contributed by atoms with E-state index in [2.05, 4.69) is 15.3 Å². The number of nitrogens with two attached hydrogens (primary N) is 1. The van der Waals surface area contributed by atoms with Crippen molar-refractivity contribution in [3.05, 3.63) is 106 Å². The summed E-state index contributed by atoms with van der Waals surface area (Å²) < 4.78 is 42.3. The minimum atomic E-state index is -2.91. The van der Waals surface area contributed by atoms with Crippen molar-refractivity contribution >= 4 is 28.2 Å². The van der Waals surface area contributed by atoms with Gasteiger partial charge in [-0.2, -0.15) is 0 Å². The van der Waals surface area contributed by atoms with Gasteiger partial charge in [0.1, 0.15) is 27.9 Å². The van der Waals surface area contributed by atoms with Crippen LogP contribution in [0.15, 0.2) is 84.0 Å². The largest absolute Gasteiger partial charge is 0.493 e. The van der Waals surface area contributed by atoms with Crippen LogP contribution in [0, 0.1) is 12.8 Å². The van der Waals surface area contributed by atoms with Crippen molar-refractivity contribution in [3.63, 3.8) is 0 Å². The molecule has 1 aliphatic rings. The van der Waals surface area contributed by atoms with Crippen LogP contribution in [0.3, 0.4) is 0 Å². The van der Waals surface area contributed by atoms with Gasteiger partial charge in [0.2, 0.25) is 5.43 Å². The van der Waals surface area contributed by atoms with Gasteiger partial charge >= 0.3 is 0 Å². The van der Waals surface area contributed by atoms with Crippen molar-refractivity contribution in [1.29, 1.82) is 0 Å². The van der Waals surface area contributed by atoms with Gasteiger partial charge in [-0.25, -0.2) is 18.4 Å². The zero-order valence-corrected chi connectivity index (χ0v) is 29.4. The van der Waals surface area contributed by atoms with Gasteiger partial charge < -0.3 is 29.8 Å². The first-order valence-electron chi connectivity index (χ1n) is 16.4. The zero-order chi connectivity index (χ0) is 36.1. The molecular weight excluding hydrogens is 671 g/mol. The van der Waals surface area contributed by atoms with Crippen molar-refractivity contribution in [2.75, 3.05) is 38.5 Å². The molecule has 0 unspecified atom stereocenters. The van der Waals surface area contributed by atoms with Gasteiger partial charge in [-0.15, -0.1) is 0 Å². The molecule has 51 heavy (non-hydrogen) atoms. The molecule has 0 spiro atoms. The van der Waals surface area contributed by atoms with Crippen molar-refractivity contribution in [2.24, 2.45) is 5.92 Å². The normalized spacial score (nSPS) is 13.3. The summed E-state index contributed by atoms with van der Waals surface area (Å²) in [7, 11) is 0.179. The Morgan fingerprint density at radius 3 is 2.35 bits per heavy atom. The first-order chi connectivity index (χ1) is 24.6. The first-order valence-corrected chi connectivity index (χ1v) is 17.8. The number of aryl methyl sites for hydroxylation is 1. The van der Waals surface area contributed by atoms with Crippen LogP contribution >= 0.6 is 0 Å². The number of aromatic nitrogens is 3. The Hall–Kier alpha value is -5.53. The van der Waals surface area contributed by atoms with E-state index in [4.69, 9.17) is 19.9 Å². The number of hydrogen-bond donors (Lipinski definition) is 3. The number of amides is 1. The van der Waals surface area contributed by atoms with E-state index in [0.717, 1.165) is 24.0 Å². The summed E-state index contributed by atoms with van der Waals surface area (Å²) in [5.41, 5.74) is 10.5. The number of benzene rings is 2. The summed E-state index contributed by atoms with van der Waals surface area (Å²) in [6.45, 7) is 3.93. The molecular formula is C38H39N5O7S. The van der Waals surface area contributed by atoms with Crippen molar-refractivity contribution in [3.8, 4) is 44.9 Å². The highest BCUT2D eigenvalue weighted by molar-refractivity contribution is 7.71. The number of anilines is 2. The predicted molar refractivity (Wildman–Crippen MR) is 197 cm³/mol. The Morgan fingerprint density at radius 1 is 0.922 bits per heavy atom. The van der Waals surface area contributed by atoms with E-state index < -0.39 is 27.8 Å². The lowest BCUT2D eigenvalue weighted by atomic mass is 9.99. The Kier molecular flexibility index (Phi) is 10.8. The maximum atomic E-state index is 13.8. The molecule has 1 aliphatic heterocycles. The molecule has 6 rings (SSSR count). The third-order valence-corrected chi connectivity index (χ3v) is 9.47. The van der Waals surface area contributed by atoms with Gasteiger partial charge in [0.25, 0.3) is 5.91 Å². The SMILES string of the molecule is COc1ccc(-c2cnc(N)c(-c3ccc(NC(=O)c4cn(CC5CCOCC5)cc(-c5ccc(C)cc5)c4=O)nc3C[SH](=O)=O)c2)cc1OC. The molecule has 4 heterocycles. The number of nitrogens with zero attached hydrogens (tertiary/aromatic N) is 3. The number of nitrogen functional groups attached to an aromatic ring is 1. The van der Waals surface area contributed by atoms with Gasteiger partial charge in [-0.3, -0.25) is 9.59 Å². The fourth-order valence-electron chi connectivity index (χ4n) is 6.17. The topological polar surface area (TPSA) is 165 Å². The Labute approximate surface area is 297 Å². The Morgan fingerprint density at radius 2 is 1.65 bits per heavy atom. The highest BCUT2D eigenvalue weighted by Gasteiger charge is 2.21.